The summed E-state index contributed by atoms with van der Waals surface area (Å²) in [5.74, 6) is 0.655. The van der Waals surface area contributed by atoms with Crippen LogP contribution in [0.2, 0.25) is 0 Å². The Hall–Kier alpha value is -1.66. The molecule has 1 fully saturated rings. The van der Waals surface area contributed by atoms with Gasteiger partial charge in [0, 0.05) is 51.5 Å². The SMILES string of the molecule is CN=C(NCc1cccc(S(=O)(=O)N2CCCCC2)c1)NCc1c(C)nn(C)c1C.I. The number of guanidine groups is 1. The van der Waals surface area contributed by atoms with Crippen LogP contribution >= 0.6 is 24.0 Å². The Balaban J connectivity index is 0.00000341. The van der Waals surface area contributed by atoms with E-state index < -0.39 is 10.0 Å². The largest absolute Gasteiger partial charge is 0.352 e. The van der Waals surface area contributed by atoms with E-state index in [1.807, 2.05) is 31.6 Å². The van der Waals surface area contributed by atoms with Gasteiger partial charge in [-0.05, 0) is 44.4 Å². The molecule has 10 heteroatoms. The van der Waals surface area contributed by atoms with Crippen LogP contribution < -0.4 is 10.6 Å². The van der Waals surface area contributed by atoms with E-state index in [9.17, 15) is 8.42 Å². The molecule has 31 heavy (non-hydrogen) atoms. The lowest BCUT2D eigenvalue weighted by atomic mass is 10.2. The Morgan fingerprint density at radius 3 is 2.42 bits per heavy atom. The highest BCUT2D eigenvalue weighted by atomic mass is 127. The predicted octanol–water partition coefficient (Wildman–Crippen LogP) is 2.69. The first kappa shape index (κ1) is 25.6. The molecule has 8 nitrogen and oxygen atoms in total. The van der Waals surface area contributed by atoms with Crippen LogP contribution in [-0.4, -0.2) is 48.6 Å². The van der Waals surface area contributed by atoms with Gasteiger partial charge in [-0.2, -0.15) is 9.40 Å². The molecule has 2 N–H and O–H groups in total. The van der Waals surface area contributed by atoms with Crippen LogP contribution in [0, 0.1) is 13.8 Å². The van der Waals surface area contributed by atoms with Crippen molar-refractivity contribution < 1.29 is 8.42 Å². The first-order valence-electron chi connectivity index (χ1n) is 10.4. The van der Waals surface area contributed by atoms with Crippen LogP contribution in [0.5, 0.6) is 0 Å². The molecular formula is C21H33IN6O2S. The Kier molecular flexibility index (Phi) is 9.31. The molecular weight excluding hydrogens is 527 g/mol. The normalized spacial score (nSPS) is 15.4. The fourth-order valence-corrected chi connectivity index (χ4v) is 5.31. The molecule has 0 amide bonds. The molecule has 1 aromatic heterocycles. The van der Waals surface area contributed by atoms with Gasteiger partial charge < -0.3 is 10.6 Å². The second-order valence-corrected chi connectivity index (χ2v) is 9.60. The van der Waals surface area contributed by atoms with Crippen molar-refractivity contribution in [1.82, 2.24) is 24.7 Å². The van der Waals surface area contributed by atoms with E-state index in [0.717, 1.165) is 41.8 Å². The Morgan fingerprint density at radius 2 is 1.81 bits per heavy atom. The molecule has 1 saturated heterocycles. The molecule has 0 saturated carbocycles. The molecule has 2 aromatic rings. The molecule has 2 heterocycles. The average Bonchev–Trinajstić information content (AvgIpc) is 3.00. The highest BCUT2D eigenvalue weighted by Crippen LogP contribution is 2.21. The van der Waals surface area contributed by atoms with Crippen LogP contribution in [0.3, 0.4) is 0 Å². The molecule has 0 bridgehead atoms. The fourth-order valence-electron chi connectivity index (χ4n) is 3.72. The van der Waals surface area contributed by atoms with E-state index in [4.69, 9.17) is 0 Å². The highest BCUT2D eigenvalue weighted by Gasteiger charge is 2.25. The predicted molar refractivity (Wildman–Crippen MR) is 134 cm³/mol. The smallest absolute Gasteiger partial charge is 0.243 e. The van der Waals surface area contributed by atoms with E-state index in [1.54, 1.807) is 29.6 Å². The van der Waals surface area contributed by atoms with Crippen molar-refractivity contribution in [1.29, 1.82) is 0 Å². The number of aryl methyl sites for hydroxylation is 2. The van der Waals surface area contributed by atoms with Crippen molar-refractivity contribution in [3.8, 4) is 0 Å². The molecule has 0 radical (unpaired) electrons. The zero-order valence-electron chi connectivity index (χ0n) is 18.7. The van der Waals surface area contributed by atoms with Gasteiger partial charge in [-0.25, -0.2) is 8.42 Å². The zero-order valence-corrected chi connectivity index (χ0v) is 21.8. The van der Waals surface area contributed by atoms with Gasteiger partial charge in [0.2, 0.25) is 10.0 Å². The number of hydrogen-bond acceptors (Lipinski definition) is 4. The maximum absolute atomic E-state index is 12.9. The van der Waals surface area contributed by atoms with Gasteiger partial charge in [0.25, 0.3) is 0 Å². The highest BCUT2D eigenvalue weighted by molar-refractivity contribution is 14.0. The van der Waals surface area contributed by atoms with Crippen LogP contribution in [0.25, 0.3) is 0 Å². The lowest BCUT2D eigenvalue weighted by molar-refractivity contribution is 0.346. The number of rotatable bonds is 6. The third-order valence-electron chi connectivity index (χ3n) is 5.63. The molecule has 0 aliphatic carbocycles. The molecule has 1 aliphatic heterocycles. The summed E-state index contributed by atoms with van der Waals surface area (Å²) in [5, 5.41) is 11.0. The lowest BCUT2D eigenvalue weighted by Crippen LogP contribution is -2.37. The summed E-state index contributed by atoms with van der Waals surface area (Å²) in [5.41, 5.74) is 4.15. The van der Waals surface area contributed by atoms with Gasteiger partial charge in [-0.1, -0.05) is 18.6 Å². The quantitative estimate of drug-likeness (QED) is 0.322. The number of halogens is 1. The molecule has 1 aromatic carbocycles. The van der Waals surface area contributed by atoms with Crippen LogP contribution in [0.15, 0.2) is 34.2 Å². The maximum atomic E-state index is 12.9. The number of piperidine rings is 1. The average molecular weight is 561 g/mol. The van der Waals surface area contributed by atoms with Crippen LogP contribution in [-0.2, 0) is 30.2 Å². The van der Waals surface area contributed by atoms with Gasteiger partial charge in [0.15, 0.2) is 5.96 Å². The van der Waals surface area contributed by atoms with Crippen molar-refractivity contribution >= 4 is 40.0 Å². The molecule has 3 rings (SSSR count). The lowest BCUT2D eigenvalue weighted by Gasteiger charge is -2.26. The summed E-state index contributed by atoms with van der Waals surface area (Å²) in [4.78, 5) is 4.62. The number of aromatic nitrogens is 2. The van der Waals surface area contributed by atoms with Crippen molar-refractivity contribution in [2.75, 3.05) is 20.1 Å². The van der Waals surface area contributed by atoms with Crippen molar-refractivity contribution in [3.63, 3.8) is 0 Å². The minimum Gasteiger partial charge on any atom is -0.352 e. The summed E-state index contributed by atoms with van der Waals surface area (Å²) >= 11 is 0. The molecule has 172 valence electrons. The summed E-state index contributed by atoms with van der Waals surface area (Å²) in [6.45, 7) is 6.35. The Labute approximate surface area is 202 Å². The third kappa shape index (κ3) is 6.19. The fraction of sp³-hybridized carbons (Fsp3) is 0.524. The third-order valence-corrected chi connectivity index (χ3v) is 7.52. The number of nitrogens with one attached hydrogen (secondary N) is 2. The molecule has 0 unspecified atom stereocenters. The second kappa shape index (κ2) is 11.3. The standard InChI is InChI=1S/C21H32N6O2S.HI/c1-16-20(17(2)26(4)25-16)15-24-21(22-3)23-14-18-9-8-10-19(13-18)30(28,29)27-11-6-5-7-12-27;/h8-10,13H,5-7,11-12,14-15H2,1-4H3,(H2,22,23,24);1H. The Morgan fingerprint density at radius 1 is 1.13 bits per heavy atom. The molecule has 1 aliphatic rings. The van der Waals surface area contributed by atoms with Crippen LogP contribution in [0.4, 0.5) is 0 Å². The first-order chi connectivity index (χ1) is 14.3. The zero-order chi connectivity index (χ0) is 21.7. The van der Waals surface area contributed by atoms with Gasteiger partial charge in [-0.3, -0.25) is 9.67 Å². The van der Waals surface area contributed by atoms with Gasteiger partial charge in [0.05, 0.1) is 10.6 Å². The van der Waals surface area contributed by atoms with Gasteiger partial charge in [-0.15, -0.1) is 24.0 Å². The molecule has 0 atom stereocenters. The minimum absolute atomic E-state index is 0. The maximum Gasteiger partial charge on any atom is 0.243 e. The Bertz CT molecular complexity index is 1010. The molecule has 0 spiro atoms. The van der Waals surface area contributed by atoms with E-state index in [1.165, 1.54) is 0 Å². The van der Waals surface area contributed by atoms with Gasteiger partial charge >= 0.3 is 0 Å². The second-order valence-electron chi connectivity index (χ2n) is 7.66. The van der Waals surface area contributed by atoms with Crippen molar-refractivity contribution in [2.45, 2.75) is 51.1 Å². The van der Waals surface area contributed by atoms with E-state index in [2.05, 4.69) is 20.7 Å². The van der Waals surface area contributed by atoms with E-state index in [0.29, 0.717) is 37.0 Å². The topological polar surface area (TPSA) is 91.6 Å². The van der Waals surface area contributed by atoms with E-state index >= 15 is 0 Å². The number of hydrogen-bond donors (Lipinski definition) is 2. The van der Waals surface area contributed by atoms with Gasteiger partial charge in [0.1, 0.15) is 0 Å². The van der Waals surface area contributed by atoms with Crippen molar-refractivity contribution in [3.05, 3.63) is 46.8 Å². The minimum atomic E-state index is -3.43. The van der Waals surface area contributed by atoms with Crippen LogP contribution in [0.1, 0.15) is 41.8 Å². The van der Waals surface area contributed by atoms with Crippen molar-refractivity contribution in [2.24, 2.45) is 12.0 Å². The monoisotopic (exact) mass is 560 g/mol. The number of aliphatic imine (C=N–C) groups is 1. The summed E-state index contributed by atoms with van der Waals surface area (Å²) in [6.07, 6.45) is 2.96. The number of sulfonamides is 1. The number of nitrogens with zero attached hydrogens (tertiary/aromatic N) is 4. The van der Waals surface area contributed by atoms with E-state index in [-0.39, 0.29) is 24.0 Å². The summed E-state index contributed by atoms with van der Waals surface area (Å²) in [7, 11) is 0.220. The summed E-state index contributed by atoms with van der Waals surface area (Å²) < 4.78 is 29.3. The summed E-state index contributed by atoms with van der Waals surface area (Å²) in [6, 6.07) is 7.14. The number of benzene rings is 1. The first-order valence-corrected chi connectivity index (χ1v) is 11.8.